The number of ether oxygens (including phenoxy) is 2. The van der Waals surface area contributed by atoms with E-state index in [9.17, 15) is 0 Å². The van der Waals surface area contributed by atoms with Crippen LogP contribution in [-0.4, -0.2) is 31.3 Å². The second kappa shape index (κ2) is 5.65. The maximum atomic E-state index is 5.74. The standard InChI is InChI=1S/C13H22N2O2S/c1-5-17-13(2,3)12-15-11(8-18-12)10-6-9(16-4)7-14-10/h8-10,14H,5-7H2,1-4H3. The van der Waals surface area contributed by atoms with E-state index in [1.54, 1.807) is 18.4 Å². The molecule has 2 rings (SSSR count). The highest BCUT2D eigenvalue weighted by molar-refractivity contribution is 7.09. The number of aromatic nitrogens is 1. The van der Waals surface area contributed by atoms with Crippen LogP contribution in [0.5, 0.6) is 0 Å². The van der Waals surface area contributed by atoms with Gasteiger partial charge in [-0.2, -0.15) is 0 Å². The van der Waals surface area contributed by atoms with Crippen molar-refractivity contribution in [3.63, 3.8) is 0 Å². The molecular weight excluding hydrogens is 248 g/mol. The van der Waals surface area contributed by atoms with Crippen LogP contribution < -0.4 is 5.32 Å². The summed E-state index contributed by atoms with van der Waals surface area (Å²) in [5.74, 6) is 0. The van der Waals surface area contributed by atoms with Gasteiger partial charge in [0, 0.05) is 25.6 Å². The number of methoxy groups -OCH3 is 1. The Morgan fingerprint density at radius 1 is 1.56 bits per heavy atom. The minimum absolute atomic E-state index is 0.295. The van der Waals surface area contributed by atoms with Crippen molar-refractivity contribution in [1.29, 1.82) is 0 Å². The average molecular weight is 270 g/mol. The summed E-state index contributed by atoms with van der Waals surface area (Å²) in [5.41, 5.74) is 0.819. The van der Waals surface area contributed by atoms with E-state index in [4.69, 9.17) is 14.5 Å². The molecule has 1 N–H and O–H groups in total. The molecule has 5 heteroatoms. The van der Waals surface area contributed by atoms with Gasteiger partial charge in [0.05, 0.1) is 17.8 Å². The SMILES string of the molecule is CCOC(C)(C)c1nc(C2CC(OC)CN2)cs1. The first-order valence-corrected chi connectivity index (χ1v) is 7.30. The van der Waals surface area contributed by atoms with Gasteiger partial charge in [0.1, 0.15) is 10.6 Å². The molecule has 2 heterocycles. The highest BCUT2D eigenvalue weighted by atomic mass is 32.1. The van der Waals surface area contributed by atoms with Gasteiger partial charge in [0.15, 0.2) is 0 Å². The van der Waals surface area contributed by atoms with Gasteiger partial charge in [-0.25, -0.2) is 4.98 Å². The lowest BCUT2D eigenvalue weighted by molar-refractivity contribution is -0.0142. The van der Waals surface area contributed by atoms with Gasteiger partial charge in [0.25, 0.3) is 0 Å². The Bertz CT molecular complexity index is 392. The zero-order chi connectivity index (χ0) is 13.2. The summed E-state index contributed by atoms with van der Waals surface area (Å²) in [7, 11) is 1.76. The molecular formula is C13H22N2O2S. The summed E-state index contributed by atoms with van der Waals surface area (Å²) in [6, 6.07) is 0.317. The largest absolute Gasteiger partial charge is 0.380 e. The third-order valence-electron chi connectivity index (χ3n) is 3.32. The van der Waals surface area contributed by atoms with Crippen molar-refractivity contribution < 1.29 is 9.47 Å². The molecule has 2 atom stereocenters. The third-order valence-corrected chi connectivity index (χ3v) is 4.49. The summed E-state index contributed by atoms with van der Waals surface area (Å²) in [6.07, 6.45) is 1.30. The first-order chi connectivity index (χ1) is 8.56. The lowest BCUT2D eigenvalue weighted by Crippen LogP contribution is -2.22. The smallest absolute Gasteiger partial charge is 0.124 e. The van der Waals surface area contributed by atoms with Crippen LogP contribution >= 0.6 is 11.3 Å². The zero-order valence-electron chi connectivity index (χ0n) is 11.5. The zero-order valence-corrected chi connectivity index (χ0v) is 12.3. The Morgan fingerprint density at radius 3 is 2.94 bits per heavy atom. The molecule has 2 unspecified atom stereocenters. The maximum absolute atomic E-state index is 5.74. The van der Waals surface area contributed by atoms with Crippen LogP contribution in [0.25, 0.3) is 0 Å². The fourth-order valence-electron chi connectivity index (χ4n) is 2.25. The predicted molar refractivity (Wildman–Crippen MR) is 72.9 cm³/mol. The quantitative estimate of drug-likeness (QED) is 0.892. The molecule has 102 valence electrons. The molecule has 0 spiro atoms. The Hall–Kier alpha value is -0.490. The molecule has 1 fully saturated rings. The van der Waals surface area contributed by atoms with Gasteiger partial charge in [-0.15, -0.1) is 11.3 Å². The molecule has 1 aromatic heterocycles. The van der Waals surface area contributed by atoms with E-state index in [0.717, 1.165) is 23.7 Å². The van der Waals surface area contributed by atoms with Crippen molar-refractivity contribution in [2.75, 3.05) is 20.3 Å². The van der Waals surface area contributed by atoms with Crippen LogP contribution in [0, 0.1) is 0 Å². The molecule has 1 aromatic rings. The van der Waals surface area contributed by atoms with E-state index < -0.39 is 0 Å². The monoisotopic (exact) mass is 270 g/mol. The molecule has 0 amide bonds. The summed E-state index contributed by atoms with van der Waals surface area (Å²) < 4.78 is 11.1. The van der Waals surface area contributed by atoms with E-state index >= 15 is 0 Å². The minimum Gasteiger partial charge on any atom is -0.380 e. The van der Waals surface area contributed by atoms with Crippen LogP contribution in [0.2, 0.25) is 0 Å². The molecule has 0 radical (unpaired) electrons. The van der Waals surface area contributed by atoms with Crippen molar-refractivity contribution >= 4 is 11.3 Å². The van der Waals surface area contributed by atoms with Crippen LogP contribution in [-0.2, 0) is 15.1 Å². The fourth-order valence-corrected chi connectivity index (χ4v) is 3.20. The number of rotatable bonds is 5. The molecule has 0 aromatic carbocycles. The Kier molecular flexibility index (Phi) is 4.37. The lowest BCUT2D eigenvalue weighted by atomic mass is 10.1. The Labute approximate surface area is 113 Å². The number of nitrogens with one attached hydrogen (secondary N) is 1. The van der Waals surface area contributed by atoms with Gasteiger partial charge < -0.3 is 14.8 Å². The summed E-state index contributed by atoms with van der Waals surface area (Å²) in [5, 5.41) is 6.62. The lowest BCUT2D eigenvalue weighted by Gasteiger charge is -2.21. The number of nitrogens with zero attached hydrogens (tertiary/aromatic N) is 1. The summed E-state index contributed by atoms with van der Waals surface area (Å²) in [4.78, 5) is 4.73. The Balaban J connectivity index is 2.07. The Morgan fingerprint density at radius 2 is 2.33 bits per heavy atom. The highest BCUT2D eigenvalue weighted by Gasteiger charge is 2.30. The minimum atomic E-state index is -0.295. The third kappa shape index (κ3) is 2.91. The van der Waals surface area contributed by atoms with Crippen LogP contribution in [0.4, 0.5) is 0 Å². The van der Waals surface area contributed by atoms with Gasteiger partial charge >= 0.3 is 0 Å². The van der Waals surface area contributed by atoms with Crippen LogP contribution in [0.1, 0.15) is 43.9 Å². The highest BCUT2D eigenvalue weighted by Crippen LogP contribution is 2.32. The van der Waals surface area contributed by atoms with Crippen molar-refractivity contribution in [3.05, 3.63) is 16.1 Å². The van der Waals surface area contributed by atoms with Crippen molar-refractivity contribution in [1.82, 2.24) is 10.3 Å². The number of thiazole rings is 1. The normalized spacial score (nSPS) is 24.7. The topological polar surface area (TPSA) is 43.4 Å². The van der Waals surface area contributed by atoms with E-state index in [1.165, 1.54) is 0 Å². The van der Waals surface area contributed by atoms with E-state index in [-0.39, 0.29) is 5.60 Å². The number of hydrogen-bond acceptors (Lipinski definition) is 5. The fraction of sp³-hybridized carbons (Fsp3) is 0.769. The summed E-state index contributed by atoms with van der Waals surface area (Å²) in [6.45, 7) is 7.76. The first kappa shape index (κ1) is 13.9. The van der Waals surface area contributed by atoms with Gasteiger partial charge in [-0.1, -0.05) is 0 Å². The molecule has 18 heavy (non-hydrogen) atoms. The molecule has 1 aliphatic heterocycles. The summed E-state index contributed by atoms with van der Waals surface area (Å²) >= 11 is 1.68. The van der Waals surface area contributed by atoms with Crippen LogP contribution in [0.3, 0.4) is 0 Å². The van der Waals surface area contributed by atoms with Crippen LogP contribution in [0.15, 0.2) is 5.38 Å². The molecule has 0 aliphatic carbocycles. The van der Waals surface area contributed by atoms with Crippen molar-refractivity contribution in [2.45, 2.75) is 44.9 Å². The molecule has 0 saturated carbocycles. The number of hydrogen-bond donors (Lipinski definition) is 1. The van der Waals surface area contributed by atoms with Gasteiger partial charge in [0.2, 0.25) is 0 Å². The predicted octanol–water partition coefficient (Wildman–Crippen LogP) is 2.46. The molecule has 0 bridgehead atoms. The molecule has 4 nitrogen and oxygen atoms in total. The van der Waals surface area contributed by atoms with Gasteiger partial charge in [-0.05, 0) is 27.2 Å². The van der Waals surface area contributed by atoms with E-state index in [0.29, 0.717) is 18.8 Å². The van der Waals surface area contributed by atoms with E-state index in [1.807, 2.05) is 6.92 Å². The average Bonchev–Trinajstić information content (AvgIpc) is 2.98. The molecule has 1 saturated heterocycles. The molecule has 1 aliphatic rings. The van der Waals surface area contributed by atoms with Crippen molar-refractivity contribution in [3.8, 4) is 0 Å². The second-order valence-electron chi connectivity index (χ2n) is 5.08. The maximum Gasteiger partial charge on any atom is 0.124 e. The first-order valence-electron chi connectivity index (χ1n) is 6.43. The van der Waals surface area contributed by atoms with E-state index in [2.05, 4.69) is 24.5 Å². The second-order valence-corrected chi connectivity index (χ2v) is 5.93. The van der Waals surface area contributed by atoms with Gasteiger partial charge in [-0.3, -0.25) is 0 Å². The van der Waals surface area contributed by atoms with Crippen molar-refractivity contribution in [2.24, 2.45) is 0 Å².